The van der Waals surface area contributed by atoms with E-state index in [2.05, 4.69) is 0 Å². The molecule has 9 nitrogen and oxygen atoms in total. The lowest BCUT2D eigenvalue weighted by Gasteiger charge is -2.31. The molecule has 0 fully saturated rings. The van der Waals surface area contributed by atoms with Crippen LogP contribution in [0.1, 0.15) is 37.0 Å². The van der Waals surface area contributed by atoms with Crippen molar-refractivity contribution in [2.75, 3.05) is 6.61 Å². The fraction of sp³-hybridized carbons (Fsp3) is 0.250. The van der Waals surface area contributed by atoms with Gasteiger partial charge in [-0.3, -0.25) is 9.32 Å². The van der Waals surface area contributed by atoms with E-state index in [1.165, 1.54) is 0 Å². The van der Waals surface area contributed by atoms with Crippen LogP contribution in [0.4, 0.5) is 0 Å². The Kier molecular flexibility index (Phi) is 6.31. The number of carbonyl (C=O) groups excluding carboxylic acids is 1. The molecule has 2 aromatic heterocycles. The van der Waals surface area contributed by atoms with Crippen molar-refractivity contribution in [2.45, 2.75) is 39.0 Å². The van der Waals surface area contributed by atoms with Crippen molar-refractivity contribution in [3.8, 4) is 22.9 Å². The number of benzene rings is 2. The summed E-state index contributed by atoms with van der Waals surface area (Å²) >= 11 is 5.65. The van der Waals surface area contributed by atoms with Crippen molar-refractivity contribution < 1.29 is 28.2 Å². The van der Waals surface area contributed by atoms with Gasteiger partial charge < -0.3 is 23.5 Å². The van der Waals surface area contributed by atoms with E-state index >= 15 is 0 Å². The minimum absolute atomic E-state index is 0.0885. The van der Waals surface area contributed by atoms with E-state index < -0.39 is 18.3 Å². The lowest BCUT2D eigenvalue weighted by atomic mass is 9.86. The molecule has 2 aliphatic rings. The molecule has 0 bridgehead atoms. The van der Waals surface area contributed by atoms with Gasteiger partial charge in [0.25, 0.3) is 5.56 Å². The van der Waals surface area contributed by atoms with Gasteiger partial charge in [-0.05, 0) is 55.8 Å². The molecule has 1 unspecified atom stereocenters. The molecule has 11 heteroatoms. The Hall–Kier alpha value is -3.56. The van der Waals surface area contributed by atoms with E-state index in [-0.39, 0.29) is 29.7 Å². The maximum atomic E-state index is 13.4. The summed E-state index contributed by atoms with van der Waals surface area (Å²) in [6.45, 7) is 0.826. The first kappa shape index (κ1) is 25.7. The Bertz CT molecular complexity index is 1740. The van der Waals surface area contributed by atoms with Gasteiger partial charge in [0, 0.05) is 28.3 Å². The van der Waals surface area contributed by atoms with Gasteiger partial charge in [0.15, 0.2) is 5.60 Å². The fourth-order valence-corrected chi connectivity index (χ4v) is 7.03. The maximum absolute atomic E-state index is 13.4. The molecule has 200 valence electrons. The Labute approximate surface area is 229 Å². The van der Waals surface area contributed by atoms with Crippen LogP contribution in [-0.2, 0) is 44.6 Å². The topological polar surface area (TPSA) is 109 Å². The van der Waals surface area contributed by atoms with Gasteiger partial charge in [-0.15, -0.1) is 0 Å². The number of aromatic nitrogens is 2. The van der Waals surface area contributed by atoms with Crippen molar-refractivity contribution in [1.29, 1.82) is 0 Å². The molecule has 0 aliphatic carbocycles. The first-order chi connectivity index (χ1) is 18.7. The molecule has 0 spiro atoms. The van der Waals surface area contributed by atoms with Gasteiger partial charge in [-0.1, -0.05) is 25.1 Å². The van der Waals surface area contributed by atoms with Gasteiger partial charge in [0.2, 0.25) is 0 Å². The highest BCUT2D eigenvalue weighted by molar-refractivity contribution is 8.07. The van der Waals surface area contributed by atoms with Gasteiger partial charge in [0.05, 0.1) is 35.6 Å². The number of carbonyl (C=O) groups is 1. The van der Waals surface area contributed by atoms with Crippen LogP contribution in [0, 0.1) is 0 Å². The summed E-state index contributed by atoms with van der Waals surface area (Å²) in [6.07, 6.45) is 0.0885. The molecular formula is C28H25N2O7PS. The number of ether oxygens (including phenoxy) is 1. The van der Waals surface area contributed by atoms with Crippen molar-refractivity contribution in [1.82, 2.24) is 9.55 Å². The highest BCUT2D eigenvalue weighted by Crippen LogP contribution is 2.50. The van der Waals surface area contributed by atoms with Crippen molar-refractivity contribution in [3.05, 3.63) is 87.7 Å². The third-order valence-electron chi connectivity index (χ3n) is 6.94. The molecular weight excluding hydrogens is 539 g/mol. The van der Waals surface area contributed by atoms with Crippen LogP contribution >= 0.6 is 6.72 Å². The Morgan fingerprint density at radius 3 is 2.59 bits per heavy atom. The minimum atomic E-state index is -3.14. The number of para-hydroxylation sites is 1. The average molecular weight is 565 g/mol. The van der Waals surface area contributed by atoms with Gasteiger partial charge >= 0.3 is 12.7 Å². The van der Waals surface area contributed by atoms with Gasteiger partial charge in [0.1, 0.15) is 18.1 Å². The lowest BCUT2D eigenvalue weighted by Crippen LogP contribution is -2.44. The summed E-state index contributed by atoms with van der Waals surface area (Å²) in [5.41, 5.74) is 1.10. The summed E-state index contributed by atoms with van der Waals surface area (Å²) in [7, 11) is 0. The Morgan fingerprint density at radius 2 is 1.85 bits per heavy atom. The standard InChI is InChI=1S/C28H25N2O7PS/c1-3-28(33)22-14-24-25-18(15-30(24)26(31)21(22)16-34-27(28)32)12-17-13-20(10-11-23(17)29-25)37-38(39,35-4-2)36-19-8-6-5-7-9-19/h5-14,33H,3-4,15-16H2,1-2H3/t28-,38?/m0/s1. The lowest BCUT2D eigenvalue weighted by molar-refractivity contribution is -0.172. The molecule has 0 saturated heterocycles. The van der Waals surface area contributed by atoms with E-state index in [0.29, 0.717) is 41.6 Å². The highest BCUT2D eigenvalue weighted by Gasteiger charge is 2.45. The zero-order chi connectivity index (χ0) is 27.4. The molecule has 2 aliphatic heterocycles. The van der Waals surface area contributed by atoms with Crippen LogP contribution in [0.2, 0.25) is 0 Å². The van der Waals surface area contributed by atoms with E-state index in [1.807, 2.05) is 37.3 Å². The minimum Gasteiger partial charge on any atom is -0.458 e. The van der Waals surface area contributed by atoms with E-state index in [1.54, 1.807) is 41.8 Å². The number of rotatable bonds is 7. The summed E-state index contributed by atoms with van der Waals surface area (Å²) in [6, 6.07) is 18.2. The number of pyridine rings is 2. The maximum Gasteiger partial charge on any atom is 0.434 e. The zero-order valence-electron chi connectivity index (χ0n) is 21.2. The van der Waals surface area contributed by atoms with Crippen molar-refractivity contribution in [3.63, 3.8) is 0 Å². The molecule has 0 radical (unpaired) electrons. The van der Waals surface area contributed by atoms with Gasteiger partial charge in [-0.25, -0.2) is 9.78 Å². The molecule has 0 saturated carbocycles. The zero-order valence-corrected chi connectivity index (χ0v) is 23.0. The van der Waals surface area contributed by atoms with Crippen LogP contribution in [0.3, 0.4) is 0 Å². The summed E-state index contributed by atoms with van der Waals surface area (Å²) < 4.78 is 24.5. The number of esters is 1. The molecule has 2 aromatic carbocycles. The second-order valence-electron chi connectivity index (χ2n) is 9.31. The van der Waals surface area contributed by atoms with E-state index in [0.717, 1.165) is 10.9 Å². The van der Waals surface area contributed by atoms with Crippen molar-refractivity contribution >= 4 is 35.4 Å². The first-order valence-electron chi connectivity index (χ1n) is 12.5. The average Bonchev–Trinajstić information content (AvgIpc) is 3.28. The van der Waals surface area contributed by atoms with Crippen molar-refractivity contribution in [2.24, 2.45) is 0 Å². The Balaban J connectivity index is 1.37. The molecule has 4 heterocycles. The molecule has 39 heavy (non-hydrogen) atoms. The summed E-state index contributed by atoms with van der Waals surface area (Å²) in [5, 5.41) is 11.8. The van der Waals surface area contributed by atoms with E-state index in [9.17, 15) is 14.7 Å². The Morgan fingerprint density at radius 1 is 1.08 bits per heavy atom. The van der Waals surface area contributed by atoms with Crippen LogP contribution in [0.15, 0.2) is 65.5 Å². The third kappa shape index (κ3) is 4.33. The smallest absolute Gasteiger partial charge is 0.434 e. The summed E-state index contributed by atoms with van der Waals surface area (Å²) in [5.74, 6) is 0.286. The number of cyclic esters (lactones) is 1. The van der Waals surface area contributed by atoms with Crippen LogP contribution in [-0.4, -0.2) is 27.2 Å². The summed E-state index contributed by atoms with van der Waals surface area (Å²) in [4.78, 5) is 30.6. The quantitative estimate of drug-likeness (QED) is 0.220. The predicted octanol–water partition coefficient (Wildman–Crippen LogP) is 4.80. The molecule has 0 amide bonds. The van der Waals surface area contributed by atoms with Crippen LogP contribution in [0.5, 0.6) is 11.5 Å². The number of nitrogens with zero attached hydrogens (tertiary/aromatic N) is 2. The molecule has 4 aromatic rings. The van der Waals surface area contributed by atoms with Crippen LogP contribution < -0.4 is 14.6 Å². The fourth-order valence-electron chi connectivity index (χ4n) is 4.99. The number of fused-ring (bicyclic) bond motifs is 5. The van der Waals surface area contributed by atoms with Crippen LogP contribution in [0.25, 0.3) is 22.3 Å². The number of hydrogen-bond acceptors (Lipinski definition) is 9. The second kappa shape index (κ2) is 9.57. The molecule has 2 atom stereocenters. The largest absolute Gasteiger partial charge is 0.458 e. The number of aliphatic hydroxyl groups is 1. The normalized spacial score (nSPS) is 19.0. The van der Waals surface area contributed by atoms with E-state index in [4.69, 9.17) is 35.1 Å². The second-order valence-corrected chi connectivity index (χ2v) is 12.2. The molecule has 6 rings (SSSR count). The first-order valence-corrected chi connectivity index (χ1v) is 15.1. The predicted molar refractivity (Wildman–Crippen MR) is 148 cm³/mol. The number of hydrogen-bond donors (Lipinski definition) is 1. The molecule has 1 N–H and O–H groups in total. The monoisotopic (exact) mass is 564 g/mol. The SMILES string of the molecule is CCOP(=S)(Oc1ccccc1)Oc1ccc2nc3c(cc2c1)Cn1c-3cc2c(c1=O)COC(=O)[C@]2(O)CC. The van der Waals surface area contributed by atoms with Gasteiger partial charge in [-0.2, -0.15) is 0 Å². The third-order valence-corrected chi connectivity index (χ3v) is 9.15. The highest BCUT2D eigenvalue weighted by atomic mass is 32.5.